The minimum atomic E-state index is -1.15. The zero-order valence-electron chi connectivity index (χ0n) is 11.5. The van der Waals surface area contributed by atoms with Gasteiger partial charge in [0.25, 0.3) is 0 Å². The quantitative estimate of drug-likeness (QED) is 0.762. The van der Waals surface area contributed by atoms with Gasteiger partial charge in [-0.25, -0.2) is 0 Å². The summed E-state index contributed by atoms with van der Waals surface area (Å²) in [7, 11) is 0. The lowest BCUT2D eigenvalue weighted by Gasteiger charge is -2.17. The maximum atomic E-state index is 11.8. The van der Waals surface area contributed by atoms with Crippen molar-refractivity contribution in [2.45, 2.75) is 26.3 Å². The van der Waals surface area contributed by atoms with Crippen LogP contribution < -0.4 is 9.84 Å². The van der Waals surface area contributed by atoms with Crippen LogP contribution in [0.15, 0.2) is 24.3 Å². The third kappa shape index (κ3) is 3.50. The molecular weight excluding hydrogens is 258 g/mol. The van der Waals surface area contributed by atoms with Crippen molar-refractivity contribution in [1.29, 1.82) is 0 Å². The molecule has 0 spiro atoms. The standard InChI is InChI=1S/C15H19NO4/c1-2-6-20-13-5-3-4-11(7-13)9-16-10-12(15(18)19)8-14(16)17/h3-5,7,12H,2,6,8-10H2,1H3,(H,18,19)/p-1/t12-/m1/s1. The number of carbonyl (C=O) groups is 2. The van der Waals surface area contributed by atoms with Gasteiger partial charge in [-0.05, 0) is 24.1 Å². The van der Waals surface area contributed by atoms with Gasteiger partial charge >= 0.3 is 0 Å². The van der Waals surface area contributed by atoms with E-state index in [1.54, 1.807) is 4.90 Å². The Kier molecular flexibility index (Phi) is 4.61. The number of rotatable bonds is 6. The molecule has 0 radical (unpaired) electrons. The third-order valence-corrected chi connectivity index (χ3v) is 3.29. The molecule has 0 bridgehead atoms. The van der Waals surface area contributed by atoms with E-state index in [0.29, 0.717) is 13.2 Å². The number of aliphatic carboxylic acids is 1. The fourth-order valence-electron chi connectivity index (χ4n) is 2.26. The van der Waals surface area contributed by atoms with Gasteiger partial charge < -0.3 is 19.5 Å². The van der Waals surface area contributed by atoms with Gasteiger partial charge in [0.1, 0.15) is 5.75 Å². The van der Waals surface area contributed by atoms with E-state index in [2.05, 4.69) is 0 Å². The van der Waals surface area contributed by atoms with E-state index in [0.717, 1.165) is 17.7 Å². The molecule has 1 aromatic rings. The molecule has 1 heterocycles. The van der Waals surface area contributed by atoms with Crippen molar-refractivity contribution in [2.75, 3.05) is 13.2 Å². The molecule has 1 aliphatic heterocycles. The molecule has 0 saturated carbocycles. The predicted molar refractivity (Wildman–Crippen MR) is 70.8 cm³/mol. The van der Waals surface area contributed by atoms with Crippen LogP contribution in [0.5, 0.6) is 5.75 Å². The second kappa shape index (κ2) is 6.41. The van der Waals surface area contributed by atoms with Crippen LogP contribution in [0, 0.1) is 5.92 Å². The van der Waals surface area contributed by atoms with Crippen LogP contribution in [0.1, 0.15) is 25.3 Å². The molecule has 1 amide bonds. The van der Waals surface area contributed by atoms with Crippen LogP contribution >= 0.6 is 0 Å². The normalized spacial score (nSPS) is 18.4. The van der Waals surface area contributed by atoms with Crippen molar-refractivity contribution in [3.8, 4) is 5.75 Å². The van der Waals surface area contributed by atoms with E-state index < -0.39 is 11.9 Å². The second-order valence-corrected chi connectivity index (χ2v) is 4.99. The molecule has 0 aliphatic carbocycles. The number of amides is 1. The Hall–Kier alpha value is -2.04. The molecule has 5 nitrogen and oxygen atoms in total. The summed E-state index contributed by atoms with van der Waals surface area (Å²) < 4.78 is 5.54. The Morgan fingerprint density at radius 3 is 2.95 bits per heavy atom. The minimum absolute atomic E-state index is 0.0361. The summed E-state index contributed by atoms with van der Waals surface area (Å²) >= 11 is 0. The summed E-state index contributed by atoms with van der Waals surface area (Å²) in [5, 5.41) is 10.8. The van der Waals surface area contributed by atoms with Crippen LogP contribution in [0.3, 0.4) is 0 Å². The summed E-state index contributed by atoms with van der Waals surface area (Å²) in [5.41, 5.74) is 0.936. The van der Waals surface area contributed by atoms with Crippen molar-refractivity contribution in [1.82, 2.24) is 4.90 Å². The first-order chi connectivity index (χ1) is 9.60. The first kappa shape index (κ1) is 14.4. The maximum Gasteiger partial charge on any atom is 0.223 e. The molecule has 0 unspecified atom stereocenters. The lowest BCUT2D eigenvalue weighted by atomic mass is 10.1. The molecule has 1 aliphatic rings. The van der Waals surface area contributed by atoms with E-state index in [1.807, 2.05) is 31.2 Å². The molecule has 5 heteroatoms. The molecule has 0 aromatic heterocycles. The Morgan fingerprint density at radius 2 is 2.30 bits per heavy atom. The zero-order chi connectivity index (χ0) is 14.5. The SMILES string of the molecule is CCCOc1cccc(CN2C[C@H](C(=O)[O-])CC2=O)c1. The highest BCUT2D eigenvalue weighted by Crippen LogP contribution is 2.21. The van der Waals surface area contributed by atoms with Crippen LogP contribution in [0.25, 0.3) is 0 Å². The maximum absolute atomic E-state index is 11.8. The lowest BCUT2D eigenvalue weighted by molar-refractivity contribution is -0.311. The molecule has 2 rings (SSSR count). The van der Waals surface area contributed by atoms with Gasteiger partial charge in [0.05, 0.1) is 6.61 Å². The Labute approximate surface area is 118 Å². The summed E-state index contributed by atoms with van der Waals surface area (Å²) in [6.45, 7) is 3.32. The number of carbonyl (C=O) groups excluding carboxylic acids is 2. The van der Waals surface area contributed by atoms with Crippen LogP contribution in [-0.4, -0.2) is 29.9 Å². The van der Waals surface area contributed by atoms with Gasteiger partial charge in [-0.2, -0.15) is 0 Å². The highest BCUT2D eigenvalue weighted by molar-refractivity contribution is 5.85. The van der Waals surface area contributed by atoms with Gasteiger partial charge in [-0.3, -0.25) is 4.79 Å². The average molecular weight is 276 g/mol. The first-order valence-corrected chi connectivity index (χ1v) is 6.80. The van der Waals surface area contributed by atoms with Gasteiger partial charge in [0.2, 0.25) is 5.91 Å². The highest BCUT2D eigenvalue weighted by atomic mass is 16.5. The smallest absolute Gasteiger partial charge is 0.223 e. The van der Waals surface area contributed by atoms with E-state index in [9.17, 15) is 14.7 Å². The molecule has 20 heavy (non-hydrogen) atoms. The van der Waals surface area contributed by atoms with Crippen molar-refractivity contribution in [3.63, 3.8) is 0 Å². The highest BCUT2D eigenvalue weighted by Gasteiger charge is 2.30. The lowest BCUT2D eigenvalue weighted by Crippen LogP contribution is -2.33. The summed E-state index contributed by atoms with van der Waals surface area (Å²) in [5.74, 6) is -1.21. The molecular formula is C15H18NO4-. The van der Waals surface area contributed by atoms with Crippen molar-refractivity contribution < 1.29 is 19.4 Å². The monoisotopic (exact) mass is 276 g/mol. The van der Waals surface area contributed by atoms with E-state index in [-0.39, 0.29) is 18.9 Å². The number of nitrogens with zero attached hydrogens (tertiary/aromatic N) is 1. The number of ether oxygens (including phenoxy) is 1. The van der Waals surface area contributed by atoms with E-state index in [1.165, 1.54) is 0 Å². The third-order valence-electron chi connectivity index (χ3n) is 3.29. The number of hydrogen-bond acceptors (Lipinski definition) is 4. The molecule has 1 saturated heterocycles. The number of benzene rings is 1. The predicted octanol–water partition coefficient (Wildman–Crippen LogP) is 0.574. The van der Waals surface area contributed by atoms with Crippen molar-refractivity contribution in [3.05, 3.63) is 29.8 Å². The number of hydrogen-bond donors (Lipinski definition) is 0. The summed E-state index contributed by atoms with van der Waals surface area (Å²) in [6.07, 6.45) is 0.969. The second-order valence-electron chi connectivity index (χ2n) is 4.99. The molecule has 108 valence electrons. The van der Waals surface area contributed by atoms with E-state index in [4.69, 9.17) is 4.74 Å². The first-order valence-electron chi connectivity index (χ1n) is 6.80. The van der Waals surface area contributed by atoms with Crippen LogP contribution in [0.2, 0.25) is 0 Å². The summed E-state index contributed by atoms with van der Waals surface area (Å²) in [4.78, 5) is 24.1. The Balaban J connectivity index is 1.99. The van der Waals surface area contributed by atoms with Gasteiger partial charge in [-0.1, -0.05) is 19.1 Å². The zero-order valence-corrected chi connectivity index (χ0v) is 11.5. The fraction of sp³-hybridized carbons (Fsp3) is 0.467. The number of carboxylic acid groups (broad SMARTS) is 1. The minimum Gasteiger partial charge on any atom is -0.550 e. The van der Waals surface area contributed by atoms with Gasteiger partial charge in [0.15, 0.2) is 0 Å². The number of carboxylic acids is 1. The van der Waals surface area contributed by atoms with Gasteiger partial charge in [-0.15, -0.1) is 0 Å². The topological polar surface area (TPSA) is 69.7 Å². The molecule has 1 aromatic carbocycles. The largest absolute Gasteiger partial charge is 0.550 e. The molecule has 0 N–H and O–H groups in total. The van der Waals surface area contributed by atoms with Crippen molar-refractivity contribution >= 4 is 11.9 Å². The Morgan fingerprint density at radius 1 is 1.50 bits per heavy atom. The fourth-order valence-corrected chi connectivity index (χ4v) is 2.26. The Bertz CT molecular complexity index is 500. The van der Waals surface area contributed by atoms with Gasteiger partial charge in [0, 0.05) is 31.4 Å². The summed E-state index contributed by atoms with van der Waals surface area (Å²) in [6, 6.07) is 7.53. The molecule has 1 atom stereocenters. The molecule has 1 fully saturated rings. The van der Waals surface area contributed by atoms with Crippen LogP contribution in [-0.2, 0) is 16.1 Å². The average Bonchev–Trinajstić information content (AvgIpc) is 2.79. The van der Waals surface area contributed by atoms with Crippen molar-refractivity contribution in [2.24, 2.45) is 5.92 Å². The van der Waals surface area contributed by atoms with Crippen LogP contribution in [0.4, 0.5) is 0 Å². The number of likely N-dealkylation sites (tertiary alicyclic amines) is 1. The van der Waals surface area contributed by atoms with E-state index >= 15 is 0 Å².